The van der Waals surface area contributed by atoms with Crippen LogP contribution in [0.2, 0.25) is 0 Å². The first-order chi connectivity index (χ1) is 13.9. The van der Waals surface area contributed by atoms with Crippen molar-refractivity contribution < 1.29 is 18.7 Å². The summed E-state index contributed by atoms with van der Waals surface area (Å²) in [4.78, 5) is 23.6. The highest BCUT2D eigenvalue weighted by atomic mass is 19.3. The lowest BCUT2D eigenvalue weighted by Gasteiger charge is -2.22. The number of nitrogens with one attached hydrogen (secondary N) is 1. The van der Waals surface area contributed by atoms with Crippen LogP contribution in [-0.2, 0) is 17.6 Å². The number of hydrogen-bond acceptors (Lipinski definition) is 5. The number of fused-ring (bicyclic) bond motifs is 1. The maximum atomic E-state index is 14.5. The molecular formula is C21H26F2N4O2. The normalized spacial score (nSPS) is 14.7. The number of nitrogens with zero attached hydrogens (tertiary/aromatic N) is 3. The summed E-state index contributed by atoms with van der Waals surface area (Å²) in [6.07, 6.45) is 6.69. The first-order valence-electron chi connectivity index (χ1n) is 10.0. The molecule has 0 fully saturated rings. The van der Waals surface area contributed by atoms with Gasteiger partial charge in [-0.15, -0.1) is 0 Å². The fraction of sp³-hybridized carbons (Fsp3) is 0.524. The summed E-state index contributed by atoms with van der Waals surface area (Å²) < 4.78 is 29.0. The zero-order valence-electron chi connectivity index (χ0n) is 16.3. The number of hydrogen-bond donors (Lipinski definition) is 2. The zero-order chi connectivity index (χ0) is 20.7. The molecule has 3 rings (SSSR count). The molecule has 0 saturated carbocycles. The van der Waals surface area contributed by atoms with Crippen LogP contribution in [-0.4, -0.2) is 38.5 Å². The number of aromatic nitrogens is 3. The van der Waals surface area contributed by atoms with Gasteiger partial charge in [-0.05, 0) is 43.7 Å². The van der Waals surface area contributed by atoms with E-state index in [0.29, 0.717) is 25.0 Å². The van der Waals surface area contributed by atoms with E-state index in [-0.39, 0.29) is 12.8 Å². The minimum Gasteiger partial charge on any atom is -0.481 e. The van der Waals surface area contributed by atoms with E-state index in [1.807, 2.05) is 6.07 Å². The third-order valence-electron chi connectivity index (χ3n) is 5.14. The van der Waals surface area contributed by atoms with Gasteiger partial charge in [0, 0.05) is 49.6 Å². The maximum Gasteiger partial charge on any atom is 0.304 e. The molecule has 0 unspecified atom stereocenters. The molecule has 0 radical (unpaired) electrons. The summed E-state index contributed by atoms with van der Waals surface area (Å²) in [6, 6.07) is 4.04. The number of carboxylic acids is 1. The van der Waals surface area contributed by atoms with E-state index in [9.17, 15) is 13.6 Å². The van der Waals surface area contributed by atoms with Crippen LogP contribution in [0, 0.1) is 0 Å². The molecular weight excluding hydrogens is 378 g/mol. The lowest BCUT2D eigenvalue weighted by Crippen LogP contribution is -2.22. The van der Waals surface area contributed by atoms with Gasteiger partial charge in [0.2, 0.25) is 5.92 Å². The topological polar surface area (TPSA) is 88.0 Å². The lowest BCUT2D eigenvalue weighted by atomic mass is 9.91. The van der Waals surface area contributed by atoms with Crippen LogP contribution < -0.4 is 5.32 Å². The molecule has 2 aromatic rings. The van der Waals surface area contributed by atoms with E-state index >= 15 is 0 Å². The Hall–Kier alpha value is -2.64. The van der Waals surface area contributed by atoms with Crippen molar-refractivity contribution in [2.45, 2.75) is 63.2 Å². The Morgan fingerprint density at radius 2 is 2.14 bits per heavy atom. The Balaban J connectivity index is 1.50. The minimum absolute atomic E-state index is 0.285. The number of carboxylic acid groups (broad SMARTS) is 1. The van der Waals surface area contributed by atoms with E-state index in [1.165, 1.54) is 24.2 Å². The molecule has 2 N–H and O–H groups in total. The van der Waals surface area contributed by atoms with Crippen molar-refractivity contribution in [1.82, 2.24) is 15.0 Å². The van der Waals surface area contributed by atoms with E-state index < -0.39 is 24.2 Å². The van der Waals surface area contributed by atoms with Crippen molar-refractivity contribution >= 4 is 11.8 Å². The van der Waals surface area contributed by atoms with Gasteiger partial charge in [-0.3, -0.25) is 14.8 Å². The zero-order valence-corrected chi connectivity index (χ0v) is 16.3. The summed E-state index contributed by atoms with van der Waals surface area (Å²) in [5, 5.41) is 12.3. The van der Waals surface area contributed by atoms with Gasteiger partial charge in [0.15, 0.2) is 0 Å². The van der Waals surface area contributed by atoms with Gasteiger partial charge in [0.1, 0.15) is 5.82 Å². The fourth-order valence-corrected chi connectivity index (χ4v) is 3.67. The highest BCUT2D eigenvalue weighted by Crippen LogP contribution is 2.35. The first kappa shape index (κ1) is 21.1. The molecule has 6 nitrogen and oxygen atoms in total. The van der Waals surface area contributed by atoms with Gasteiger partial charge in [-0.2, -0.15) is 0 Å². The van der Waals surface area contributed by atoms with Crippen LogP contribution in [0.3, 0.4) is 0 Å². The molecule has 3 heterocycles. The van der Waals surface area contributed by atoms with Crippen LogP contribution >= 0.6 is 0 Å². The number of aryl methyl sites for hydroxylation is 2. The van der Waals surface area contributed by atoms with E-state index in [4.69, 9.17) is 5.11 Å². The minimum atomic E-state index is -2.96. The molecule has 29 heavy (non-hydrogen) atoms. The van der Waals surface area contributed by atoms with Crippen LogP contribution in [0.4, 0.5) is 14.6 Å². The van der Waals surface area contributed by atoms with Gasteiger partial charge >= 0.3 is 5.97 Å². The maximum absolute atomic E-state index is 14.5. The Morgan fingerprint density at radius 3 is 2.90 bits per heavy atom. The highest BCUT2D eigenvalue weighted by Gasteiger charge is 2.34. The number of carbonyl (C=O) groups is 1. The third kappa shape index (κ3) is 6.44. The summed E-state index contributed by atoms with van der Waals surface area (Å²) in [5.41, 5.74) is 2.41. The molecule has 2 aromatic heterocycles. The van der Waals surface area contributed by atoms with Crippen LogP contribution in [0.1, 0.15) is 61.4 Å². The SMILES string of the molecule is O=C(O)C[C@@H](CC(F)(F)CCCCc1ccc2c(n1)NCCC2)c1cnccn1. The first-order valence-corrected chi connectivity index (χ1v) is 10.0. The van der Waals surface area contributed by atoms with Crippen LogP contribution in [0.15, 0.2) is 30.7 Å². The van der Waals surface area contributed by atoms with Crippen molar-refractivity contribution in [1.29, 1.82) is 0 Å². The molecule has 156 valence electrons. The number of aliphatic carboxylic acids is 1. The average molecular weight is 404 g/mol. The number of rotatable bonds is 10. The summed E-state index contributed by atoms with van der Waals surface area (Å²) in [5.74, 6) is -4.02. The van der Waals surface area contributed by atoms with E-state index in [2.05, 4.69) is 26.3 Å². The fourth-order valence-electron chi connectivity index (χ4n) is 3.67. The Morgan fingerprint density at radius 1 is 1.28 bits per heavy atom. The molecule has 0 saturated heterocycles. The molecule has 1 aliphatic heterocycles. The van der Waals surface area contributed by atoms with Gasteiger partial charge < -0.3 is 10.4 Å². The summed E-state index contributed by atoms with van der Waals surface area (Å²) in [7, 11) is 0. The molecule has 0 aliphatic carbocycles. The smallest absolute Gasteiger partial charge is 0.304 e. The van der Waals surface area contributed by atoms with Crippen molar-refractivity contribution in [2.75, 3.05) is 11.9 Å². The number of alkyl halides is 2. The molecule has 0 bridgehead atoms. The second-order valence-corrected chi connectivity index (χ2v) is 7.53. The van der Waals surface area contributed by atoms with E-state index in [1.54, 1.807) is 0 Å². The summed E-state index contributed by atoms with van der Waals surface area (Å²) in [6.45, 7) is 0.916. The number of unbranched alkanes of at least 4 members (excludes halogenated alkanes) is 1. The predicted octanol–water partition coefficient (Wildman–Crippen LogP) is 4.23. The number of anilines is 1. The highest BCUT2D eigenvalue weighted by molar-refractivity contribution is 5.67. The van der Waals surface area contributed by atoms with Crippen LogP contribution in [0.5, 0.6) is 0 Å². The number of halogens is 2. The average Bonchev–Trinajstić information content (AvgIpc) is 2.71. The molecule has 0 spiro atoms. The lowest BCUT2D eigenvalue weighted by molar-refractivity contribution is -0.138. The Labute approximate surface area is 168 Å². The molecule has 0 amide bonds. The monoisotopic (exact) mass is 404 g/mol. The molecule has 0 aromatic carbocycles. The van der Waals surface area contributed by atoms with Crippen molar-refractivity contribution in [3.05, 3.63) is 47.7 Å². The van der Waals surface area contributed by atoms with E-state index in [0.717, 1.165) is 30.9 Å². The third-order valence-corrected chi connectivity index (χ3v) is 5.14. The molecule has 1 atom stereocenters. The largest absolute Gasteiger partial charge is 0.481 e. The molecule has 8 heteroatoms. The predicted molar refractivity (Wildman–Crippen MR) is 105 cm³/mol. The second-order valence-electron chi connectivity index (χ2n) is 7.53. The Kier molecular flexibility index (Phi) is 7.06. The standard InChI is InChI=1S/C21H26F2N4O2/c22-21(23,13-16(12-19(28)29)18-14-24-10-11-25-18)8-2-1-5-17-7-6-15-4-3-9-26-20(15)27-17/h6-7,10-11,14,16H,1-5,8-9,12-13H2,(H,26,27)(H,28,29)/t16-/m0/s1. The van der Waals surface area contributed by atoms with Gasteiger partial charge in [-0.1, -0.05) is 6.07 Å². The van der Waals surface area contributed by atoms with Crippen molar-refractivity contribution in [3.63, 3.8) is 0 Å². The second kappa shape index (κ2) is 9.71. The van der Waals surface area contributed by atoms with Crippen LogP contribution in [0.25, 0.3) is 0 Å². The summed E-state index contributed by atoms with van der Waals surface area (Å²) >= 11 is 0. The Bertz CT molecular complexity index is 818. The molecule has 1 aliphatic rings. The van der Waals surface area contributed by atoms with Gasteiger partial charge in [-0.25, -0.2) is 13.8 Å². The van der Waals surface area contributed by atoms with Crippen molar-refractivity contribution in [3.8, 4) is 0 Å². The van der Waals surface area contributed by atoms with Gasteiger partial charge in [0.05, 0.1) is 12.1 Å². The number of pyridine rings is 1. The van der Waals surface area contributed by atoms with Crippen molar-refractivity contribution in [2.24, 2.45) is 0 Å². The quantitative estimate of drug-likeness (QED) is 0.576. The van der Waals surface area contributed by atoms with Gasteiger partial charge in [0.25, 0.3) is 0 Å².